The van der Waals surface area contributed by atoms with Gasteiger partial charge in [-0.3, -0.25) is 4.79 Å². The molecule has 3 aromatic carbocycles. The Morgan fingerprint density at radius 3 is 1.95 bits per heavy atom. The molecule has 1 atom stereocenters. The van der Waals surface area contributed by atoms with Gasteiger partial charge >= 0.3 is 7.98 Å². The molecule has 1 saturated carbocycles. The third kappa shape index (κ3) is 7.52. The number of carbonyl (C=O) groups excluding carboxylic acids is 1. The molecule has 1 amide bonds. The summed E-state index contributed by atoms with van der Waals surface area (Å²) in [6.45, 7) is 0.674. The van der Waals surface area contributed by atoms with E-state index in [-0.39, 0.29) is 23.3 Å². The molecule has 37 heavy (non-hydrogen) atoms. The first-order valence-corrected chi connectivity index (χ1v) is 14.0. The standard InChI is InChI=1S/C28H26F3I2NO3/c1-26(29,30)36-23-14-6-12-21(16-23)27(18-19-8-3-2-4-9-19,34-25(35)20-10-5-11-20)22-13-7-15-24(17-22)37-28(31,32)33/h2-4,6-9,12-17,20H,5,10-11,18H2,1H3,(H,34,35). The van der Waals surface area contributed by atoms with Gasteiger partial charge in [-0.2, -0.15) is 13.2 Å². The van der Waals surface area contributed by atoms with E-state index in [2.05, 4.69) is 5.32 Å². The fourth-order valence-electron chi connectivity index (χ4n) is 4.43. The molecule has 0 bridgehead atoms. The van der Waals surface area contributed by atoms with Gasteiger partial charge in [-0.1, -0.05) is 61.0 Å². The molecular weight excluding hydrogens is 709 g/mol. The number of carbonyl (C=O) groups is 1. The molecule has 0 aromatic heterocycles. The van der Waals surface area contributed by atoms with Crippen molar-refractivity contribution in [2.75, 3.05) is 0 Å². The number of benzene rings is 3. The van der Waals surface area contributed by atoms with E-state index in [1.807, 2.05) is 36.4 Å². The molecule has 0 saturated heterocycles. The van der Waals surface area contributed by atoms with Crippen LogP contribution < -0.4 is 14.8 Å². The lowest BCUT2D eigenvalue weighted by molar-refractivity contribution is -0.159. The summed E-state index contributed by atoms with van der Waals surface area (Å²) in [4.78, 5) is 13.4. The normalized spacial score (nSPS) is 15.8. The largest absolute Gasteiger partial charge is 0.442 e. The van der Waals surface area contributed by atoms with Gasteiger partial charge in [-0.15, -0.1) is 0 Å². The summed E-state index contributed by atoms with van der Waals surface area (Å²) in [6.07, 6.45) is -0.511. The van der Waals surface area contributed by atoms with Gasteiger partial charge in [-0.25, -0.2) is 0 Å². The Kier molecular flexibility index (Phi) is 8.61. The molecule has 1 aliphatic rings. The van der Waals surface area contributed by atoms with Crippen molar-refractivity contribution in [2.45, 2.75) is 46.1 Å². The van der Waals surface area contributed by atoms with Crippen LogP contribution in [0.2, 0.25) is 0 Å². The number of rotatable bonds is 10. The minimum absolute atomic E-state index is 0.0324. The minimum Gasteiger partial charge on any atom is -0.442 e. The zero-order valence-corrected chi connectivity index (χ0v) is 24.3. The first-order chi connectivity index (χ1) is 17.4. The molecule has 1 aliphatic carbocycles. The first-order valence-electron chi connectivity index (χ1n) is 11.8. The molecule has 4 nitrogen and oxygen atoms in total. The number of nitrogens with one attached hydrogen (secondary N) is 1. The van der Waals surface area contributed by atoms with Crippen LogP contribution in [0.15, 0.2) is 78.9 Å². The van der Waals surface area contributed by atoms with E-state index in [0.29, 0.717) is 24.5 Å². The fourth-order valence-corrected chi connectivity index (χ4v) is 4.94. The molecule has 3 aromatic rings. The molecule has 0 heterocycles. The Balaban J connectivity index is 1.90. The number of halogens is 5. The van der Waals surface area contributed by atoms with Gasteiger partial charge in [0.1, 0.15) is 11.5 Å². The first kappa shape index (κ1) is 28.0. The lowest BCUT2D eigenvalue weighted by atomic mass is 9.76. The van der Waals surface area contributed by atoms with Crippen molar-refractivity contribution in [1.82, 2.24) is 5.32 Å². The SMILES string of the molecule is CC(F)(F)Oc1cccc(C(Cc2ccccc2)(NC(=O)C2CCC2)c2cccc(OC(F)(I)I)c2)c1. The van der Waals surface area contributed by atoms with E-state index in [9.17, 15) is 18.0 Å². The van der Waals surface area contributed by atoms with Crippen molar-refractivity contribution in [3.8, 4) is 11.5 Å². The summed E-state index contributed by atoms with van der Waals surface area (Å²) in [6, 6.07) is 22.8. The second-order valence-corrected chi connectivity index (χ2v) is 14.0. The van der Waals surface area contributed by atoms with E-state index in [1.165, 1.54) is 12.1 Å². The summed E-state index contributed by atoms with van der Waals surface area (Å²) in [5.41, 5.74) is 0.917. The van der Waals surface area contributed by atoms with Crippen LogP contribution in [-0.4, -0.2) is 13.9 Å². The number of ether oxygens (including phenoxy) is 2. The van der Waals surface area contributed by atoms with Crippen molar-refractivity contribution < 1.29 is 27.4 Å². The van der Waals surface area contributed by atoms with Gasteiger partial charge in [-0.05, 0) is 53.8 Å². The highest BCUT2D eigenvalue weighted by Gasteiger charge is 2.40. The highest BCUT2D eigenvalue weighted by Crippen LogP contribution is 2.40. The molecule has 0 aliphatic heterocycles. The number of hydrogen-bond donors (Lipinski definition) is 1. The molecule has 9 heteroatoms. The lowest BCUT2D eigenvalue weighted by Crippen LogP contribution is -2.51. The van der Waals surface area contributed by atoms with Crippen molar-refractivity contribution in [2.24, 2.45) is 5.92 Å². The third-order valence-corrected chi connectivity index (χ3v) is 6.75. The van der Waals surface area contributed by atoms with Crippen LogP contribution in [0.4, 0.5) is 13.2 Å². The van der Waals surface area contributed by atoms with E-state index >= 15 is 0 Å². The second-order valence-electron chi connectivity index (χ2n) is 9.20. The number of alkyl halides is 5. The van der Waals surface area contributed by atoms with Gasteiger partial charge in [0.2, 0.25) is 5.91 Å². The van der Waals surface area contributed by atoms with Gasteiger partial charge in [0, 0.05) is 64.4 Å². The predicted molar refractivity (Wildman–Crippen MR) is 153 cm³/mol. The molecule has 1 unspecified atom stereocenters. The number of amides is 1. The maximum Gasteiger partial charge on any atom is 0.394 e. The monoisotopic (exact) mass is 735 g/mol. The average Bonchev–Trinajstić information content (AvgIpc) is 2.76. The lowest BCUT2D eigenvalue weighted by Gasteiger charge is -2.39. The fraction of sp³-hybridized carbons (Fsp3) is 0.321. The summed E-state index contributed by atoms with van der Waals surface area (Å²) in [5, 5.41) is 3.26. The van der Waals surface area contributed by atoms with Gasteiger partial charge in [0.05, 0.1) is 5.54 Å². The summed E-state index contributed by atoms with van der Waals surface area (Å²) in [5.74, 6) is -0.0129. The average molecular weight is 735 g/mol. The minimum atomic E-state index is -3.38. The van der Waals surface area contributed by atoms with Crippen LogP contribution in [0.1, 0.15) is 42.9 Å². The Morgan fingerprint density at radius 1 is 0.892 bits per heavy atom. The molecule has 1 fully saturated rings. The predicted octanol–water partition coefficient (Wildman–Crippen LogP) is 7.91. The van der Waals surface area contributed by atoms with Crippen molar-refractivity contribution in [3.05, 3.63) is 95.6 Å². The Morgan fingerprint density at radius 2 is 1.46 bits per heavy atom. The summed E-state index contributed by atoms with van der Waals surface area (Å²) < 4.78 is 50.2. The summed E-state index contributed by atoms with van der Waals surface area (Å²) in [7, 11) is 0. The zero-order chi connectivity index (χ0) is 26.7. The Bertz CT molecular complexity index is 1170. The zero-order valence-electron chi connectivity index (χ0n) is 20.0. The van der Waals surface area contributed by atoms with Crippen LogP contribution >= 0.6 is 45.2 Å². The van der Waals surface area contributed by atoms with Crippen molar-refractivity contribution >= 4 is 51.1 Å². The van der Waals surface area contributed by atoms with E-state index in [0.717, 1.165) is 24.8 Å². The molecule has 0 spiro atoms. The van der Waals surface area contributed by atoms with Crippen molar-refractivity contribution in [3.63, 3.8) is 0 Å². The van der Waals surface area contributed by atoms with Crippen LogP contribution in [0.25, 0.3) is 0 Å². The van der Waals surface area contributed by atoms with E-state index < -0.39 is 13.5 Å². The van der Waals surface area contributed by atoms with Crippen molar-refractivity contribution in [1.29, 1.82) is 0 Å². The van der Waals surface area contributed by atoms with Crippen LogP contribution in [0.3, 0.4) is 0 Å². The van der Waals surface area contributed by atoms with Crippen LogP contribution in [-0.2, 0) is 16.8 Å². The smallest absolute Gasteiger partial charge is 0.394 e. The third-order valence-electron chi connectivity index (χ3n) is 6.31. The van der Waals surface area contributed by atoms with Gasteiger partial charge in [0.25, 0.3) is 0 Å². The van der Waals surface area contributed by atoms with E-state index in [4.69, 9.17) is 9.47 Å². The quantitative estimate of drug-likeness (QED) is 0.170. The Hall–Kier alpha value is -2.02. The molecule has 4 rings (SSSR count). The van der Waals surface area contributed by atoms with Crippen LogP contribution in [0, 0.1) is 5.92 Å². The molecule has 1 N–H and O–H groups in total. The summed E-state index contributed by atoms with van der Waals surface area (Å²) >= 11 is 3.08. The highest BCUT2D eigenvalue weighted by atomic mass is 127. The highest BCUT2D eigenvalue weighted by molar-refractivity contribution is 14.2. The van der Waals surface area contributed by atoms with Gasteiger partial charge < -0.3 is 14.8 Å². The number of hydrogen-bond acceptors (Lipinski definition) is 3. The molecule has 196 valence electrons. The van der Waals surface area contributed by atoms with Crippen LogP contribution in [0.5, 0.6) is 11.5 Å². The van der Waals surface area contributed by atoms with E-state index in [1.54, 1.807) is 75.5 Å². The maximum absolute atomic E-state index is 14.3. The topological polar surface area (TPSA) is 47.6 Å². The maximum atomic E-state index is 14.3. The molecule has 0 radical (unpaired) electrons. The Labute approximate surface area is 241 Å². The molecular formula is C28H26F3I2NO3. The second kappa shape index (κ2) is 11.4. The van der Waals surface area contributed by atoms with Gasteiger partial charge in [0.15, 0.2) is 0 Å².